The molecule has 2 aromatic carbocycles. The van der Waals surface area contributed by atoms with Crippen molar-refractivity contribution in [1.29, 1.82) is 0 Å². The van der Waals surface area contributed by atoms with E-state index in [4.69, 9.17) is 4.74 Å². The van der Waals surface area contributed by atoms with E-state index in [0.717, 1.165) is 22.2 Å². The van der Waals surface area contributed by atoms with Crippen LogP contribution in [0.1, 0.15) is 21.6 Å². The minimum Gasteiger partial charge on any atom is -0.452 e. The fourth-order valence-corrected chi connectivity index (χ4v) is 3.78. The molecule has 170 valence electrons. The Balaban J connectivity index is 1.29. The maximum atomic E-state index is 12.6. The van der Waals surface area contributed by atoms with Crippen molar-refractivity contribution in [1.82, 2.24) is 14.8 Å². The largest absolute Gasteiger partial charge is 0.452 e. The lowest BCUT2D eigenvalue weighted by molar-refractivity contribution is -0.135. The summed E-state index contributed by atoms with van der Waals surface area (Å²) in [4.78, 5) is 45.3. The molecule has 0 unspecified atom stereocenters. The van der Waals surface area contributed by atoms with E-state index in [1.165, 1.54) is 0 Å². The molecule has 1 aromatic heterocycles. The molecular weight excluding hydrogens is 420 g/mol. The van der Waals surface area contributed by atoms with Crippen LogP contribution in [-0.4, -0.2) is 65.5 Å². The van der Waals surface area contributed by atoms with Gasteiger partial charge in [-0.3, -0.25) is 9.78 Å². The Kier molecular flexibility index (Phi) is 6.53. The van der Waals surface area contributed by atoms with Crippen molar-refractivity contribution in [2.24, 2.45) is 0 Å². The van der Waals surface area contributed by atoms with Crippen LogP contribution in [0.25, 0.3) is 10.9 Å². The lowest BCUT2D eigenvalue weighted by atomic mass is 10.1. The number of pyridine rings is 1. The van der Waals surface area contributed by atoms with Crippen LogP contribution in [-0.2, 0) is 9.53 Å². The van der Waals surface area contributed by atoms with Crippen molar-refractivity contribution >= 4 is 34.5 Å². The number of ether oxygens (including phenoxy) is 1. The van der Waals surface area contributed by atoms with Crippen LogP contribution in [0.4, 0.5) is 10.5 Å². The first-order valence-corrected chi connectivity index (χ1v) is 10.8. The molecule has 1 saturated heterocycles. The second-order valence-electron chi connectivity index (χ2n) is 8.06. The fraction of sp³-hybridized carbons (Fsp3) is 0.280. The number of amides is 3. The summed E-state index contributed by atoms with van der Waals surface area (Å²) in [6.07, 6.45) is 0. The summed E-state index contributed by atoms with van der Waals surface area (Å²) in [5, 5.41) is 3.69. The first kappa shape index (κ1) is 22.3. The molecule has 2 heterocycles. The van der Waals surface area contributed by atoms with E-state index in [0.29, 0.717) is 37.4 Å². The second kappa shape index (κ2) is 9.68. The molecule has 8 heteroatoms. The van der Waals surface area contributed by atoms with Crippen molar-refractivity contribution < 1.29 is 19.1 Å². The lowest BCUT2D eigenvalue weighted by Crippen LogP contribution is -2.52. The Bertz CT molecular complexity index is 1190. The summed E-state index contributed by atoms with van der Waals surface area (Å²) in [7, 11) is 0. The number of rotatable bonds is 4. The predicted molar refractivity (Wildman–Crippen MR) is 125 cm³/mol. The van der Waals surface area contributed by atoms with Gasteiger partial charge in [-0.1, -0.05) is 29.8 Å². The van der Waals surface area contributed by atoms with Gasteiger partial charge in [0.1, 0.15) is 0 Å². The average Bonchev–Trinajstić information content (AvgIpc) is 2.83. The third-order valence-electron chi connectivity index (χ3n) is 5.65. The Labute approximate surface area is 192 Å². The highest BCUT2D eigenvalue weighted by Crippen LogP contribution is 2.19. The summed E-state index contributed by atoms with van der Waals surface area (Å²) in [6.45, 7) is 4.96. The van der Waals surface area contributed by atoms with E-state index in [2.05, 4.69) is 10.3 Å². The van der Waals surface area contributed by atoms with Crippen LogP contribution in [0.5, 0.6) is 0 Å². The average molecular weight is 447 g/mol. The molecule has 0 bridgehead atoms. The highest BCUT2D eigenvalue weighted by Gasteiger charge is 2.25. The number of aromatic nitrogens is 1. The molecule has 0 saturated carbocycles. The van der Waals surface area contributed by atoms with Gasteiger partial charge in [0.2, 0.25) is 0 Å². The summed E-state index contributed by atoms with van der Waals surface area (Å²) < 4.78 is 5.29. The molecular formula is C25H26N4O4. The quantitative estimate of drug-likeness (QED) is 0.621. The molecule has 3 aromatic rings. The Morgan fingerprint density at radius 1 is 0.939 bits per heavy atom. The third-order valence-corrected chi connectivity index (χ3v) is 5.65. The minimum absolute atomic E-state index is 0.200. The van der Waals surface area contributed by atoms with E-state index in [9.17, 15) is 14.4 Å². The van der Waals surface area contributed by atoms with Gasteiger partial charge in [0, 0.05) is 37.3 Å². The van der Waals surface area contributed by atoms with Gasteiger partial charge in [-0.15, -0.1) is 0 Å². The Morgan fingerprint density at radius 2 is 1.64 bits per heavy atom. The lowest BCUT2D eigenvalue weighted by Gasteiger charge is -2.34. The molecule has 8 nitrogen and oxygen atoms in total. The van der Waals surface area contributed by atoms with Gasteiger partial charge in [-0.05, 0) is 44.2 Å². The van der Waals surface area contributed by atoms with Crippen molar-refractivity contribution in [2.75, 3.05) is 38.1 Å². The fourth-order valence-electron chi connectivity index (χ4n) is 3.78. The molecule has 3 amide bonds. The van der Waals surface area contributed by atoms with Crippen molar-refractivity contribution in [3.05, 3.63) is 71.4 Å². The van der Waals surface area contributed by atoms with Crippen LogP contribution in [0.3, 0.4) is 0 Å². The standard InChI is InChI=1S/C25H26N4O4/c1-17-8-9-22-19(14-17)15-21(18(2)26-22)24(31)33-16-23(30)28-10-12-29(13-11-28)25(32)27-20-6-4-3-5-7-20/h3-9,14-15H,10-13,16H2,1-2H3,(H,27,32). The number of nitrogens with zero attached hydrogens (tertiary/aromatic N) is 3. The number of aryl methyl sites for hydroxylation is 2. The number of para-hydroxylation sites is 1. The van der Waals surface area contributed by atoms with Crippen molar-refractivity contribution in [3.63, 3.8) is 0 Å². The monoisotopic (exact) mass is 446 g/mol. The van der Waals surface area contributed by atoms with E-state index in [-0.39, 0.29) is 18.5 Å². The van der Waals surface area contributed by atoms with E-state index in [1.807, 2.05) is 55.5 Å². The molecule has 1 aliphatic heterocycles. The normalized spacial score (nSPS) is 13.6. The number of anilines is 1. The van der Waals surface area contributed by atoms with Gasteiger partial charge in [0.25, 0.3) is 5.91 Å². The minimum atomic E-state index is -0.572. The van der Waals surface area contributed by atoms with Gasteiger partial charge in [-0.2, -0.15) is 0 Å². The number of esters is 1. The number of nitrogens with one attached hydrogen (secondary N) is 1. The molecule has 4 rings (SSSR count). The van der Waals surface area contributed by atoms with Crippen LogP contribution >= 0.6 is 0 Å². The Morgan fingerprint density at radius 3 is 2.36 bits per heavy atom. The highest BCUT2D eigenvalue weighted by molar-refractivity contribution is 5.96. The Hall–Kier alpha value is -3.94. The number of carbonyl (C=O) groups is 3. The van der Waals surface area contributed by atoms with E-state index < -0.39 is 5.97 Å². The first-order valence-electron chi connectivity index (χ1n) is 10.8. The van der Waals surface area contributed by atoms with Crippen molar-refractivity contribution in [3.8, 4) is 0 Å². The van der Waals surface area contributed by atoms with Gasteiger partial charge >= 0.3 is 12.0 Å². The van der Waals surface area contributed by atoms with Gasteiger partial charge in [-0.25, -0.2) is 9.59 Å². The molecule has 1 N–H and O–H groups in total. The number of carbonyl (C=O) groups excluding carboxylic acids is 3. The SMILES string of the molecule is Cc1ccc2nc(C)c(C(=O)OCC(=O)N3CCN(C(=O)Nc4ccccc4)CC3)cc2c1. The molecule has 1 aliphatic rings. The van der Waals surface area contributed by atoms with Gasteiger partial charge in [0.15, 0.2) is 6.61 Å². The molecule has 0 atom stereocenters. The number of benzene rings is 2. The first-order chi connectivity index (χ1) is 15.9. The van der Waals surface area contributed by atoms with Crippen LogP contribution in [0.2, 0.25) is 0 Å². The molecule has 33 heavy (non-hydrogen) atoms. The summed E-state index contributed by atoms with van der Waals surface area (Å²) in [6, 6.07) is 16.6. The predicted octanol–water partition coefficient (Wildman–Crippen LogP) is 3.38. The molecule has 0 spiro atoms. The molecule has 1 fully saturated rings. The molecule has 0 aliphatic carbocycles. The topological polar surface area (TPSA) is 91.8 Å². The zero-order chi connectivity index (χ0) is 23.4. The van der Waals surface area contributed by atoms with Crippen LogP contribution in [0.15, 0.2) is 54.6 Å². The van der Waals surface area contributed by atoms with E-state index in [1.54, 1.807) is 22.8 Å². The summed E-state index contributed by atoms with van der Waals surface area (Å²) in [5.41, 5.74) is 3.51. The van der Waals surface area contributed by atoms with Crippen LogP contribution < -0.4 is 5.32 Å². The second-order valence-corrected chi connectivity index (χ2v) is 8.06. The number of piperazine rings is 1. The zero-order valence-electron chi connectivity index (χ0n) is 18.7. The number of fused-ring (bicyclic) bond motifs is 1. The summed E-state index contributed by atoms with van der Waals surface area (Å²) >= 11 is 0. The van der Waals surface area contributed by atoms with Gasteiger partial charge < -0.3 is 19.9 Å². The van der Waals surface area contributed by atoms with Crippen molar-refractivity contribution in [2.45, 2.75) is 13.8 Å². The number of urea groups is 1. The van der Waals surface area contributed by atoms with Gasteiger partial charge in [0.05, 0.1) is 16.8 Å². The smallest absolute Gasteiger partial charge is 0.340 e. The maximum Gasteiger partial charge on any atom is 0.340 e. The maximum absolute atomic E-state index is 12.6. The third kappa shape index (κ3) is 5.28. The van der Waals surface area contributed by atoms with E-state index >= 15 is 0 Å². The molecule has 0 radical (unpaired) electrons. The number of hydrogen-bond donors (Lipinski definition) is 1. The summed E-state index contributed by atoms with van der Waals surface area (Å²) in [5.74, 6) is -0.855. The number of hydrogen-bond acceptors (Lipinski definition) is 5. The van der Waals surface area contributed by atoms with Crippen LogP contribution in [0, 0.1) is 13.8 Å². The zero-order valence-corrected chi connectivity index (χ0v) is 18.7. The highest BCUT2D eigenvalue weighted by atomic mass is 16.5.